The van der Waals surface area contributed by atoms with E-state index in [0.717, 1.165) is 5.56 Å². The molecule has 0 aromatic heterocycles. The van der Waals surface area contributed by atoms with E-state index in [1.54, 1.807) is 25.3 Å². The largest absolute Gasteiger partial charge is 0.496 e. The van der Waals surface area contributed by atoms with E-state index in [2.05, 4.69) is 5.32 Å². The second kappa shape index (κ2) is 11.6. The number of hydrogen-bond donors (Lipinski definition) is 1. The Labute approximate surface area is 193 Å². The van der Waals surface area contributed by atoms with Gasteiger partial charge in [-0.15, -0.1) is 0 Å². The number of para-hydroxylation sites is 1. The summed E-state index contributed by atoms with van der Waals surface area (Å²) < 4.78 is 42.0. The molecule has 0 radical (unpaired) electrons. The van der Waals surface area contributed by atoms with E-state index in [1.807, 2.05) is 18.2 Å². The van der Waals surface area contributed by atoms with Gasteiger partial charge in [-0.25, -0.2) is 13.2 Å². The van der Waals surface area contributed by atoms with E-state index in [-0.39, 0.29) is 11.4 Å². The van der Waals surface area contributed by atoms with E-state index in [4.69, 9.17) is 14.2 Å². The normalized spacial score (nSPS) is 14.7. The molecule has 33 heavy (non-hydrogen) atoms. The van der Waals surface area contributed by atoms with Crippen LogP contribution in [0, 0.1) is 0 Å². The maximum absolute atomic E-state index is 12.6. The number of sulfonamides is 1. The second-order valence-electron chi connectivity index (χ2n) is 7.12. The van der Waals surface area contributed by atoms with E-state index >= 15 is 0 Å². The van der Waals surface area contributed by atoms with Gasteiger partial charge >= 0.3 is 5.97 Å². The van der Waals surface area contributed by atoms with Crippen molar-refractivity contribution in [2.24, 2.45) is 0 Å². The molecule has 0 saturated carbocycles. The van der Waals surface area contributed by atoms with Crippen molar-refractivity contribution < 1.29 is 32.2 Å². The third-order valence-corrected chi connectivity index (χ3v) is 6.83. The number of hydrogen-bond acceptors (Lipinski definition) is 7. The van der Waals surface area contributed by atoms with Crippen LogP contribution >= 0.6 is 0 Å². The van der Waals surface area contributed by atoms with Crippen molar-refractivity contribution in [3.63, 3.8) is 0 Å². The molecular weight excluding hydrogens is 448 g/mol. The lowest BCUT2D eigenvalue weighted by Crippen LogP contribution is -2.40. The van der Waals surface area contributed by atoms with E-state index in [0.29, 0.717) is 37.6 Å². The van der Waals surface area contributed by atoms with Crippen LogP contribution in [0.5, 0.6) is 5.75 Å². The fraction of sp³-hybridized carbons (Fsp3) is 0.304. The lowest BCUT2D eigenvalue weighted by molar-refractivity contribution is -0.143. The van der Waals surface area contributed by atoms with Gasteiger partial charge in [-0.1, -0.05) is 30.3 Å². The van der Waals surface area contributed by atoms with Crippen LogP contribution < -0.4 is 10.1 Å². The molecule has 1 saturated heterocycles. The average molecular weight is 475 g/mol. The second-order valence-corrected chi connectivity index (χ2v) is 9.05. The van der Waals surface area contributed by atoms with Crippen molar-refractivity contribution in [1.29, 1.82) is 0 Å². The smallest absolute Gasteiger partial charge is 0.331 e. The highest BCUT2D eigenvalue weighted by Gasteiger charge is 2.25. The Hall–Kier alpha value is -3.21. The van der Waals surface area contributed by atoms with E-state index in [9.17, 15) is 18.0 Å². The molecule has 1 heterocycles. The summed E-state index contributed by atoms with van der Waals surface area (Å²) in [4.78, 5) is 24.0. The van der Waals surface area contributed by atoms with Crippen molar-refractivity contribution in [3.05, 3.63) is 65.7 Å². The van der Waals surface area contributed by atoms with Crippen molar-refractivity contribution in [3.8, 4) is 5.75 Å². The highest BCUT2D eigenvalue weighted by atomic mass is 32.2. The Balaban J connectivity index is 1.46. The topological polar surface area (TPSA) is 111 Å². The van der Waals surface area contributed by atoms with Crippen LogP contribution in [0.4, 0.5) is 0 Å². The van der Waals surface area contributed by atoms with Crippen LogP contribution in [-0.4, -0.2) is 64.6 Å². The minimum absolute atomic E-state index is 0.177. The van der Waals surface area contributed by atoms with Gasteiger partial charge in [0, 0.05) is 31.3 Å². The highest BCUT2D eigenvalue weighted by molar-refractivity contribution is 7.89. The molecule has 3 rings (SSSR count). The lowest BCUT2D eigenvalue weighted by Gasteiger charge is -2.26. The molecule has 1 fully saturated rings. The van der Waals surface area contributed by atoms with Gasteiger partial charge in [0.2, 0.25) is 10.0 Å². The number of nitrogens with zero attached hydrogens (tertiary/aromatic N) is 1. The fourth-order valence-corrected chi connectivity index (χ4v) is 4.54. The number of esters is 1. The maximum Gasteiger partial charge on any atom is 0.331 e. The monoisotopic (exact) mass is 474 g/mol. The van der Waals surface area contributed by atoms with Crippen LogP contribution in [0.1, 0.15) is 11.1 Å². The van der Waals surface area contributed by atoms with Crippen LogP contribution in [-0.2, 0) is 35.6 Å². The number of carbonyl (C=O) groups is 2. The third-order valence-electron chi connectivity index (χ3n) is 4.91. The molecule has 0 atom stereocenters. The molecule has 176 valence electrons. The summed E-state index contributed by atoms with van der Waals surface area (Å²) in [5, 5.41) is 2.66. The summed E-state index contributed by atoms with van der Waals surface area (Å²) in [5.41, 5.74) is 1.42. The Morgan fingerprint density at radius 2 is 1.79 bits per heavy atom. The van der Waals surface area contributed by atoms with Gasteiger partial charge in [-0.2, -0.15) is 4.31 Å². The summed E-state index contributed by atoms with van der Waals surface area (Å²) in [6, 6.07) is 13.4. The van der Waals surface area contributed by atoms with Gasteiger partial charge in [0.15, 0.2) is 6.61 Å². The maximum atomic E-state index is 12.6. The van der Waals surface area contributed by atoms with Crippen LogP contribution in [0.3, 0.4) is 0 Å². The Kier molecular flexibility index (Phi) is 8.58. The molecule has 2 aromatic carbocycles. The molecule has 9 nitrogen and oxygen atoms in total. The Morgan fingerprint density at radius 1 is 1.09 bits per heavy atom. The average Bonchev–Trinajstić information content (AvgIpc) is 2.85. The molecule has 0 spiro atoms. The van der Waals surface area contributed by atoms with Crippen molar-refractivity contribution in [1.82, 2.24) is 9.62 Å². The zero-order chi connectivity index (χ0) is 23.7. The number of methoxy groups -OCH3 is 1. The lowest BCUT2D eigenvalue weighted by atomic mass is 10.2. The van der Waals surface area contributed by atoms with Crippen molar-refractivity contribution in [2.45, 2.75) is 11.4 Å². The molecular formula is C23H26N2O7S. The molecule has 1 aliphatic rings. The van der Waals surface area contributed by atoms with Crippen LogP contribution in [0.15, 0.2) is 59.5 Å². The molecule has 0 bridgehead atoms. The predicted octanol–water partition coefficient (Wildman–Crippen LogP) is 1.59. The van der Waals surface area contributed by atoms with Gasteiger partial charge in [0.1, 0.15) is 5.75 Å². The summed E-state index contributed by atoms with van der Waals surface area (Å²) in [6.45, 7) is 1.22. The van der Waals surface area contributed by atoms with E-state index < -0.39 is 28.5 Å². The molecule has 0 aliphatic carbocycles. The number of rotatable bonds is 9. The minimum Gasteiger partial charge on any atom is -0.496 e. The zero-order valence-electron chi connectivity index (χ0n) is 18.2. The Bertz CT molecular complexity index is 1090. The number of nitrogens with one attached hydrogen (secondary N) is 1. The van der Waals surface area contributed by atoms with Crippen LogP contribution in [0.2, 0.25) is 0 Å². The zero-order valence-corrected chi connectivity index (χ0v) is 19.0. The minimum atomic E-state index is -3.57. The highest BCUT2D eigenvalue weighted by Crippen LogP contribution is 2.18. The van der Waals surface area contributed by atoms with Gasteiger partial charge in [0.05, 0.1) is 25.2 Å². The summed E-state index contributed by atoms with van der Waals surface area (Å²) in [6.07, 6.45) is 2.67. The number of ether oxygens (including phenoxy) is 3. The quantitative estimate of drug-likeness (QED) is 0.434. The third kappa shape index (κ3) is 6.88. The van der Waals surface area contributed by atoms with Crippen molar-refractivity contribution in [2.75, 3.05) is 40.0 Å². The SMILES string of the molecule is COc1ccccc1CNC(=O)COC(=O)/C=C/c1ccc(S(=O)(=O)N2CCOCC2)cc1. The van der Waals surface area contributed by atoms with Gasteiger partial charge in [-0.05, 0) is 29.8 Å². The molecule has 1 amide bonds. The van der Waals surface area contributed by atoms with Gasteiger partial charge in [0.25, 0.3) is 5.91 Å². The molecule has 1 aliphatic heterocycles. The van der Waals surface area contributed by atoms with Crippen molar-refractivity contribution >= 4 is 28.0 Å². The fourth-order valence-electron chi connectivity index (χ4n) is 3.13. The molecule has 10 heteroatoms. The summed E-state index contributed by atoms with van der Waals surface area (Å²) >= 11 is 0. The number of morpholine rings is 1. The standard InChI is InChI=1S/C23H26N2O7S/c1-30-21-5-3-2-4-19(21)16-24-22(26)17-32-23(27)11-8-18-6-9-20(10-7-18)33(28,29)25-12-14-31-15-13-25/h2-11H,12-17H2,1H3,(H,24,26)/b11-8+. The molecule has 0 unspecified atom stereocenters. The predicted molar refractivity (Wildman–Crippen MR) is 121 cm³/mol. The first-order valence-electron chi connectivity index (χ1n) is 10.3. The van der Waals surface area contributed by atoms with Gasteiger partial charge in [-0.3, -0.25) is 4.79 Å². The molecule has 1 N–H and O–H groups in total. The summed E-state index contributed by atoms with van der Waals surface area (Å²) in [5.74, 6) is -0.478. The van der Waals surface area contributed by atoms with Crippen LogP contribution in [0.25, 0.3) is 6.08 Å². The first-order chi connectivity index (χ1) is 15.9. The number of amides is 1. The summed E-state index contributed by atoms with van der Waals surface area (Å²) in [7, 11) is -2.03. The van der Waals surface area contributed by atoms with Gasteiger partial charge < -0.3 is 19.5 Å². The first kappa shape index (κ1) is 24.4. The molecule has 2 aromatic rings. The Morgan fingerprint density at radius 3 is 2.48 bits per heavy atom. The van der Waals surface area contributed by atoms with E-state index in [1.165, 1.54) is 28.6 Å². The number of carbonyl (C=O) groups excluding carboxylic acids is 2. The number of benzene rings is 2. The first-order valence-corrected chi connectivity index (χ1v) is 11.8.